The molecule has 0 spiro atoms. The SMILES string of the molecule is CCCC(O)c1noc(C2CCOC2C)n1. The molecule has 2 rings (SSSR count). The van der Waals surface area contributed by atoms with Gasteiger partial charge in [-0.15, -0.1) is 0 Å². The standard InChI is InChI=1S/C11H18N2O3/c1-3-4-9(14)10-12-11(16-13-10)8-5-6-15-7(8)2/h7-9,14H,3-6H2,1-2H3. The van der Waals surface area contributed by atoms with Crippen molar-refractivity contribution in [1.29, 1.82) is 0 Å². The van der Waals surface area contributed by atoms with Gasteiger partial charge in [-0.25, -0.2) is 0 Å². The summed E-state index contributed by atoms with van der Waals surface area (Å²) in [6.45, 7) is 4.75. The van der Waals surface area contributed by atoms with E-state index in [2.05, 4.69) is 10.1 Å². The van der Waals surface area contributed by atoms with Crippen molar-refractivity contribution in [3.63, 3.8) is 0 Å². The lowest BCUT2D eigenvalue weighted by molar-refractivity contribution is 0.113. The summed E-state index contributed by atoms with van der Waals surface area (Å²) in [6, 6.07) is 0. The minimum absolute atomic E-state index is 0.122. The summed E-state index contributed by atoms with van der Waals surface area (Å²) in [5.41, 5.74) is 0. The fourth-order valence-corrected chi connectivity index (χ4v) is 1.99. The fraction of sp³-hybridized carbons (Fsp3) is 0.818. The van der Waals surface area contributed by atoms with Gasteiger partial charge in [0.1, 0.15) is 6.10 Å². The maximum atomic E-state index is 9.73. The summed E-state index contributed by atoms with van der Waals surface area (Å²) < 4.78 is 10.6. The Morgan fingerprint density at radius 3 is 3.00 bits per heavy atom. The van der Waals surface area contributed by atoms with Crippen LogP contribution in [0.25, 0.3) is 0 Å². The van der Waals surface area contributed by atoms with E-state index >= 15 is 0 Å². The molecule has 3 atom stereocenters. The molecule has 90 valence electrons. The summed E-state index contributed by atoms with van der Waals surface area (Å²) in [5.74, 6) is 1.17. The molecule has 0 bridgehead atoms. The predicted molar refractivity (Wildman–Crippen MR) is 56.9 cm³/mol. The topological polar surface area (TPSA) is 68.4 Å². The number of hydrogen-bond acceptors (Lipinski definition) is 5. The molecule has 5 heteroatoms. The first-order valence-electron chi connectivity index (χ1n) is 5.85. The van der Waals surface area contributed by atoms with E-state index in [1.54, 1.807) is 0 Å². The van der Waals surface area contributed by atoms with Gasteiger partial charge in [0, 0.05) is 6.61 Å². The lowest BCUT2D eigenvalue weighted by Crippen LogP contribution is -2.10. The molecule has 1 fully saturated rings. The first-order chi connectivity index (χ1) is 7.72. The molecule has 0 amide bonds. The number of nitrogens with zero attached hydrogens (tertiary/aromatic N) is 2. The van der Waals surface area contributed by atoms with Crippen molar-refractivity contribution in [2.45, 2.75) is 51.2 Å². The average Bonchev–Trinajstić information content (AvgIpc) is 2.86. The van der Waals surface area contributed by atoms with Crippen LogP contribution in [0.15, 0.2) is 4.52 Å². The van der Waals surface area contributed by atoms with E-state index in [0.29, 0.717) is 18.1 Å². The zero-order valence-corrected chi connectivity index (χ0v) is 9.72. The van der Waals surface area contributed by atoms with Crippen LogP contribution in [0.2, 0.25) is 0 Å². The molecule has 3 unspecified atom stereocenters. The Morgan fingerprint density at radius 2 is 2.38 bits per heavy atom. The lowest BCUT2D eigenvalue weighted by Gasteiger charge is -2.07. The molecule has 1 N–H and O–H groups in total. The molecule has 1 aromatic heterocycles. The summed E-state index contributed by atoms with van der Waals surface area (Å²) in [7, 11) is 0. The van der Waals surface area contributed by atoms with Crippen LogP contribution in [0.5, 0.6) is 0 Å². The molecule has 0 saturated carbocycles. The normalized spacial score (nSPS) is 27.2. The van der Waals surface area contributed by atoms with Crippen LogP contribution in [0.1, 0.15) is 56.8 Å². The van der Waals surface area contributed by atoms with Crippen molar-refractivity contribution < 1.29 is 14.4 Å². The number of hydrogen-bond donors (Lipinski definition) is 1. The van der Waals surface area contributed by atoms with Crippen LogP contribution in [0.4, 0.5) is 0 Å². The summed E-state index contributed by atoms with van der Waals surface area (Å²) in [4.78, 5) is 4.25. The van der Waals surface area contributed by atoms with E-state index in [-0.39, 0.29) is 12.0 Å². The predicted octanol–water partition coefficient (Wildman–Crippen LogP) is 1.80. The van der Waals surface area contributed by atoms with Gasteiger partial charge in [0.2, 0.25) is 5.89 Å². The van der Waals surface area contributed by atoms with Gasteiger partial charge >= 0.3 is 0 Å². The van der Waals surface area contributed by atoms with Crippen LogP contribution < -0.4 is 0 Å². The summed E-state index contributed by atoms with van der Waals surface area (Å²) in [5, 5.41) is 13.5. The highest BCUT2D eigenvalue weighted by Gasteiger charge is 2.31. The third kappa shape index (κ3) is 2.25. The first-order valence-corrected chi connectivity index (χ1v) is 5.85. The largest absolute Gasteiger partial charge is 0.385 e. The maximum Gasteiger partial charge on any atom is 0.232 e. The highest BCUT2D eigenvalue weighted by Crippen LogP contribution is 2.30. The summed E-state index contributed by atoms with van der Waals surface area (Å²) in [6.07, 6.45) is 1.98. The van der Waals surface area contributed by atoms with Crippen LogP contribution >= 0.6 is 0 Å². The highest BCUT2D eigenvalue weighted by atomic mass is 16.5. The molecule has 1 aliphatic heterocycles. The summed E-state index contributed by atoms with van der Waals surface area (Å²) >= 11 is 0. The number of ether oxygens (including phenoxy) is 1. The van der Waals surface area contributed by atoms with E-state index in [1.807, 2.05) is 13.8 Å². The van der Waals surface area contributed by atoms with Gasteiger partial charge in [-0.3, -0.25) is 0 Å². The van der Waals surface area contributed by atoms with Crippen LogP contribution in [-0.2, 0) is 4.74 Å². The highest BCUT2D eigenvalue weighted by molar-refractivity contribution is 5.00. The minimum atomic E-state index is -0.611. The Balaban J connectivity index is 2.06. The van der Waals surface area contributed by atoms with Crippen molar-refractivity contribution in [3.05, 3.63) is 11.7 Å². The van der Waals surface area contributed by atoms with E-state index in [1.165, 1.54) is 0 Å². The van der Waals surface area contributed by atoms with Crippen molar-refractivity contribution in [1.82, 2.24) is 10.1 Å². The monoisotopic (exact) mass is 226 g/mol. The number of aromatic nitrogens is 2. The fourth-order valence-electron chi connectivity index (χ4n) is 1.99. The third-order valence-electron chi connectivity index (χ3n) is 3.01. The zero-order chi connectivity index (χ0) is 11.5. The van der Waals surface area contributed by atoms with Crippen LogP contribution in [0.3, 0.4) is 0 Å². The van der Waals surface area contributed by atoms with Crippen molar-refractivity contribution >= 4 is 0 Å². The van der Waals surface area contributed by atoms with Crippen molar-refractivity contribution in [2.75, 3.05) is 6.61 Å². The molecule has 2 heterocycles. The molecule has 1 saturated heterocycles. The van der Waals surface area contributed by atoms with E-state index in [0.717, 1.165) is 19.4 Å². The number of aliphatic hydroxyl groups excluding tert-OH is 1. The van der Waals surface area contributed by atoms with Gasteiger partial charge in [-0.05, 0) is 19.8 Å². The van der Waals surface area contributed by atoms with Gasteiger partial charge < -0.3 is 14.4 Å². The molecule has 0 radical (unpaired) electrons. The second-order valence-electron chi connectivity index (χ2n) is 4.27. The molecule has 0 aromatic carbocycles. The Labute approximate surface area is 94.8 Å². The molecule has 16 heavy (non-hydrogen) atoms. The van der Waals surface area contributed by atoms with Gasteiger partial charge in [0.15, 0.2) is 5.82 Å². The van der Waals surface area contributed by atoms with E-state index in [9.17, 15) is 5.11 Å². The third-order valence-corrected chi connectivity index (χ3v) is 3.01. The second-order valence-corrected chi connectivity index (χ2v) is 4.27. The Bertz CT molecular complexity index is 340. The van der Waals surface area contributed by atoms with Crippen LogP contribution in [0, 0.1) is 0 Å². The molecule has 0 aliphatic carbocycles. The van der Waals surface area contributed by atoms with Crippen molar-refractivity contribution in [3.8, 4) is 0 Å². The average molecular weight is 226 g/mol. The van der Waals surface area contributed by atoms with Gasteiger partial charge in [0.05, 0.1) is 12.0 Å². The number of rotatable bonds is 4. The van der Waals surface area contributed by atoms with Gasteiger partial charge in [-0.1, -0.05) is 18.5 Å². The first kappa shape index (κ1) is 11.5. The number of aliphatic hydroxyl groups is 1. The molecular formula is C11H18N2O3. The van der Waals surface area contributed by atoms with Crippen LogP contribution in [-0.4, -0.2) is 28.0 Å². The van der Waals surface area contributed by atoms with Gasteiger partial charge in [0.25, 0.3) is 0 Å². The molecular weight excluding hydrogens is 208 g/mol. The second kappa shape index (κ2) is 4.93. The zero-order valence-electron chi connectivity index (χ0n) is 9.72. The Hall–Kier alpha value is -0.940. The van der Waals surface area contributed by atoms with E-state index in [4.69, 9.17) is 9.26 Å². The molecule has 1 aliphatic rings. The smallest absolute Gasteiger partial charge is 0.232 e. The van der Waals surface area contributed by atoms with E-state index < -0.39 is 6.10 Å². The van der Waals surface area contributed by atoms with Crippen molar-refractivity contribution in [2.24, 2.45) is 0 Å². The lowest BCUT2D eigenvalue weighted by atomic mass is 10.0. The molecule has 1 aromatic rings. The Kier molecular flexibility index (Phi) is 3.56. The maximum absolute atomic E-state index is 9.73. The minimum Gasteiger partial charge on any atom is -0.385 e. The quantitative estimate of drug-likeness (QED) is 0.847. The molecule has 5 nitrogen and oxygen atoms in total. The van der Waals surface area contributed by atoms with Gasteiger partial charge in [-0.2, -0.15) is 4.98 Å². The Morgan fingerprint density at radius 1 is 1.56 bits per heavy atom.